The maximum Gasteiger partial charge on any atom is 0.236 e. The normalized spacial score (nSPS) is 18.8. The Morgan fingerprint density at radius 2 is 1.78 bits per heavy atom. The molecular formula is C20H23NOS. The van der Waals surface area contributed by atoms with Gasteiger partial charge in [-0.25, -0.2) is 0 Å². The highest BCUT2D eigenvalue weighted by atomic mass is 32.2. The second kappa shape index (κ2) is 7.69. The fourth-order valence-corrected chi connectivity index (χ4v) is 4.17. The molecule has 0 saturated carbocycles. The van der Waals surface area contributed by atoms with Crippen molar-refractivity contribution in [1.82, 2.24) is 4.90 Å². The molecule has 0 bridgehead atoms. The summed E-state index contributed by atoms with van der Waals surface area (Å²) in [4.78, 5) is 16.1. The van der Waals surface area contributed by atoms with E-state index in [1.54, 1.807) is 11.8 Å². The Balaban J connectivity index is 1.63. The second-order valence-electron chi connectivity index (χ2n) is 6.09. The molecule has 3 heteroatoms. The van der Waals surface area contributed by atoms with Crippen LogP contribution < -0.4 is 0 Å². The quantitative estimate of drug-likeness (QED) is 0.759. The predicted molar refractivity (Wildman–Crippen MR) is 96.6 cm³/mol. The summed E-state index contributed by atoms with van der Waals surface area (Å²) in [5.41, 5.74) is 1.32. The molecule has 0 spiro atoms. The van der Waals surface area contributed by atoms with Crippen molar-refractivity contribution in [2.45, 2.75) is 42.4 Å². The number of rotatable bonds is 5. The van der Waals surface area contributed by atoms with Crippen molar-refractivity contribution in [1.29, 1.82) is 0 Å². The minimum Gasteiger partial charge on any atom is -0.338 e. The Morgan fingerprint density at radius 1 is 1.13 bits per heavy atom. The zero-order valence-electron chi connectivity index (χ0n) is 13.5. The maximum atomic E-state index is 12.9. The van der Waals surface area contributed by atoms with E-state index in [0.29, 0.717) is 6.04 Å². The van der Waals surface area contributed by atoms with E-state index in [-0.39, 0.29) is 11.2 Å². The van der Waals surface area contributed by atoms with Crippen molar-refractivity contribution in [2.75, 3.05) is 6.54 Å². The van der Waals surface area contributed by atoms with Crippen LogP contribution in [0.1, 0.15) is 25.3 Å². The number of hydrogen-bond acceptors (Lipinski definition) is 2. The number of benzene rings is 2. The lowest BCUT2D eigenvalue weighted by molar-refractivity contribution is -0.131. The monoisotopic (exact) mass is 325 g/mol. The van der Waals surface area contributed by atoms with Gasteiger partial charge in [0.2, 0.25) is 5.91 Å². The van der Waals surface area contributed by atoms with Gasteiger partial charge in [-0.2, -0.15) is 0 Å². The summed E-state index contributed by atoms with van der Waals surface area (Å²) in [7, 11) is 0. The summed E-state index contributed by atoms with van der Waals surface area (Å²) in [6, 6.07) is 21.0. The van der Waals surface area contributed by atoms with E-state index in [0.717, 1.165) is 30.7 Å². The minimum atomic E-state index is -0.0335. The van der Waals surface area contributed by atoms with Gasteiger partial charge in [-0.15, -0.1) is 11.8 Å². The van der Waals surface area contributed by atoms with E-state index in [1.807, 2.05) is 31.2 Å². The lowest BCUT2D eigenvalue weighted by Crippen LogP contribution is -2.41. The summed E-state index contributed by atoms with van der Waals surface area (Å²) < 4.78 is 0. The molecule has 0 N–H and O–H groups in total. The van der Waals surface area contributed by atoms with Gasteiger partial charge in [-0.1, -0.05) is 48.5 Å². The summed E-state index contributed by atoms with van der Waals surface area (Å²) >= 11 is 1.66. The number of hydrogen-bond donors (Lipinski definition) is 0. The molecule has 1 saturated heterocycles. The van der Waals surface area contributed by atoms with Gasteiger partial charge < -0.3 is 4.90 Å². The highest BCUT2D eigenvalue weighted by Crippen LogP contribution is 2.28. The fraction of sp³-hybridized carbons (Fsp3) is 0.350. The van der Waals surface area contributed by atoms with E-state index < -0.39 is 0 Å². The molecule has 120 valence electrons. The zero-order chi connectivity index (χ0) is 16.1. The minimum absolute atomic E-state index is 0.0335. The third-order valence-corrected chi connectivity index (χ3v) is 5.48. The van der Waals surface area contributed by atoms with Gasteiger partial charge in [-0.05, 0) is 43.9 Å². The first kappa shape index (κ1) is 16.1. The van der Waals surface area contributed by atoms with Crippen molar-refractivity contribution >= 4 is 17.7 Å². The lowest BCUT2D eigenvalue weighted by atomic mass is 10.0. The van der Waals surface area contributed by atoms with Gasteiger partial charge in [-0.3, -0.25) is 4.79 Å². The third-order valence-electron chi connectivity index (χ3n) is 4.38. The Morgan fingerprint density at radius 3 is 2.48 bits per heavy atom. The highest BCUT2D eigenvalue weighted by Gasteiger charge is 2.31. The number of amides is 1. The Kier molecular flexibility index (Phi) is 5.39. The van der Waals surface area contributed by atoms with Crippen molar-refractivity contribution in [3.63, 3.8) is 0 Å². The van der Waals surface area contributed by atoms with E-state index in [9.17, 15) is 4.79 Å². The van der Waals surface area contributed by atoms with Crippen LogP contribution in [0.5, 0.6) is 0 Å². The average Bonchev–Trinajstić information content (AvgIpc) is 3.04. The van der Waals surface area contributed by atoms with Crippen molar-refractivity contribution in [3.8, 4) is 0 Å². The first-order chi connectivity index (χ1) is 11.2. The standard InChI is InChI=1S/C20H23NOS/c1-16(23-19-12-6-3-7-13-19)20(22)21-14-8-11-18(21)15-17-9-4-2-5-10-17/h2-7,9-10,12-13,16,18H,8,11,14-15H2,1H3. The topological polar surface area (TPSA) is 20.3 Å². The van der Waals surface area contributed by atoms with Gasteiger partial charge >= 0.3 is 0 Å². The number of carbonyl (C=O) groups excluding carboxylic acids is 1. The number of thioether (sulfide) groups is 1. The molecule has 0 aromatic heterocycles. The van der Waals surface area contributed by atoms with Crippen LogP contribution in [0.4, 0.5) is 0 Å². The van der Waals surface area contributed by atoms with Crippen LogP contribution in [-0.4, -0.2) is 28.6 Å². The van der Waals surface area contributed by atoms with Crippen molar-refractivity contribution in [2.24, 2.45) is 0 Å². The maximum absolute atomic E-state index is 12.9. The fourth-order valence-electron chi connectivity index (χ4n) is 3.21. The number of carbonyl (C=O) groups is 1. The van der Waals surface area contributed by atoms with Crippen LogP contribution in [0.15, 0.2) is 65.6 Å². The molecule has 1 heterocycles. The van der Waals surface area contributed by atoms with Crippen molar-refractivity contribution in [3.05, 3.63) is 66.2 Å². The van der Waals surface area contributed by atoms with Gasteiger partial charge in [0.25, 0.3) is 0 Å². The van der Waals surface area contributed by atoms with Crippen LogP contribution in [0.2, 0.25) is 0 Å². The van der Waals surface area contributed by atoms with Gasteiger partial charge in [0.1, 0.15) is 0 Å². The molecule has 2 unspecified atom stereocenters. The molecule has 3 rings (SSSR count). The number of likely N-dealkylation sites (tertiary alicyclic amines) is 1. The molecule has 23 heavy (non-hydrogen) atoms. The summed E-state index contributed by atoms with van der Waals surface area (Å²) in [5, 5.41) is -0.0335. The first-order valence-corrected chi connectivity index (χ1v) is 9.18. The van der Waals surface area contributed by atoms with Crippen LogP contribution in [0, 0.1) is 0 Å². The molecule has 2 atom stereocenters. The molecule has 2 nitrogen and oxygen atoms in total. The third kappa shape index (κ3) is 4.17. The Bertz CT molecular complexity index is 629. The van der Waals surface area contributed by atoms with Gasteiger partial charge in [0, 0.05) is 17.5 Å². The molecule has 0 aliphatic carbocycles. The summed E-state index contributed by atoms with van der Waals surface area (Å²) in [6.07, 6.45) is 3.20. The van der Waals surface area contributed by atoms with Crippen LogP contribution >= 0.6 is 11.8 Å². The van der Waals surface area contributed by atoms with E-state index in [2.05, 4.69) is 41.3 Å². The van der Waals surface area contributed by atoms with E-state index in [1.165, 1.54) is 5.56 Å². The molecule has 1 fully saturated rings. The second-order valence-corrected chi connectivity index (χ2v) is 7.50. The molecule has 1 aliphatic heterocycles. The molecular weight excluding hydrogens is 302 g/mol. The molecule has 2 aromatic rings. The van der Waals surface area contributed by atoms with Crippen LogP contribution in [-0.2, 0) is 11.2 Å². The molecule has 2 aromatic carbocycles. The molecule has 0 radical (unpaired) electrons. The van der Waals surface area contributed by atoms with Crippen LogP contribution in [0.3, 0.4) is 0 Å². The van der Waals surface area contributed by atoms with Crippen LogP contribution in [0.25, 0.3) is 0 Å². The largest absolute Gasteiger partial charge is 0.338 e. The zero-order valence-corrected chi connectivity index (χ0v) is 14.3. The molecule has 1 amide bonds. The predicted octanol–water partition coefficient (Wildman–Crippen LogP) is 4.40. The van der Waals surface area contributed by atoms with Gasteiger partial charge in [0.15, 0.2) is 0 Å². The smallest absolute Gasteiger partial charge is 0.236 e. The highest BCUT2D eigenvalue weighted by molar-refractivity contribution is 8.00. The number of nitrogens with zero attached hydrogens (tertiary/aromatic N) is 1. The summed E-state index contributed by atoms with van der Waals surface area (Å²) in [5.74, 6) is 0.275. The van der Waals surface area contributed by atoms with E-state index >= 15 is 0 Å². The first-order valence-electron chi connectivity index (χ1n) is 8.30. The SMILES string of the molecule is CC(Sc1ccccc1)C(=O)N1CCCC1Cc1ccccc1. The average molecular weight is 325 g/mol. The lowest BCUT2D eigenvalue weighted by Gasteiger charge is -2.27. The Hall–Kier alpha value is -1.74. The summed E-state index contributed by atoms with van der Waals surface area (Å²) in [6.45, 7) is 2.92. The Labute approximate surface area is 142 Å². The van der Waals surface area contributed by atoms with Crippen molar-refractivity contribution < 1.29 is 4.79 Å². The van der Waals surface area contributed by atoms with E-state index in [4.69, 9.17) is 0 Å². The van der Waals surface area contributed by atoms with Gasteiger partial charge in [0.05, 0.1) is 5.25 Å². The molecule has 1 aliphatic rings.